The number of rotatable bonds is 4. The SMILES string of the molecule is CN(C)c1ccc2c(c1)[C@H](c1ccccc1)[C@](C)(C(=O)Nc1nccs1)C2. The first-order valence-corrected chi connectivity index (χ1v) is 9.93. The zero-order chi connectivity index (χ0) is 19.0. The van der Waals surface area contributed by atoms with Gasteiger partial charge in [0.1, 0.15) is 0 Å². The lowest BCUT2D eigenvalue weighted by Crippen LogP contribution is -2.37. The Bertz CT molecular complexity index is 953. The Labute approximate surface area is 163 Å². The number of aromatic nitrogens is 1. The molecule has 3 aromatic rings. The van der Waals surface area contributed by atoms with Crippen LogP contribution in [0.2, 0.25) is 0 Å². The third-order valence-corrected chi connectivity index (χ3v) is 6.14. The number of amides is 1. The Morgan fingerprint density at radius 1 is 1.22 bits per heavy atom. The highest BCUT2D eigenvalue weighted by Gasteiger charge is 2.49. The molecule has 2 atom stereocenters. The van der Waals surface area contributed by atoms with E-state index in [-0.39, 0.29) is 11.8 Å². The van der Waals surface area contributed by atoms with Crippen molar-refractivity contribution in [2.24, 2.45) is 5.41 Å². The van der Waals surface area contributed by atoms with Crippen molar-refractivity contribution in [1.29, 1.82) is 0 Å². The van der Waals surface area contributed by atoms with Crippen LogP contribution in [0.4, 0.5) is 10.8 Å². The normalized spacial score (nSPS) is 20.9. The van der Waals surface area contributed by atoms with Gasteiger partial charge < -0.3 is 10.2 Å². The van der Waals surface area contributed by atoms with Crippen molar-refractivity contribution in [3.63, 3.8) is 0 Å². The van der Waals surface area contributed by atoms with Gasteiger partial charge in [-0.05, 0) is 42.2 Å². The molecule has 1 aliphatic rings. The molecule has 0 aliphatic heterocycles. The number of nitrogens with zero attached hydrogens (tertiary/aromatic N) is 2. The van der Waals surface area contributed by atoms with Crippen LogP contribution >= 0.6 is 11.3 Å². The van der Waals surface area contributed by atoms with Gasteiger partial charge >= 0.3 is 0 Å². The van der Waals surface area contributed by atoms with Crippen molar-refractivity contribution >= 4 is 28.1 Å². The van der Waals surface area contributed by atoms with Crippen molar-refractivity contribution in [2.75, 3.05) is 24.3 Å². The van der Waals surface area contributed by atoms with Crippen LogP contribution in [-0.4, -0.2) is 25.0 Å². The summed E-state index contributed by atoms with van der Waals surface area (Å²) in [6, 6.07) is 16.9. The predicted octanol–water partition coefficient (Wildman–Crippen LogP) is 4.54. The number of carbonyl (C=O) groups excluding carboxylic acids is 1. The van der Waals surface area contributed by atoms with E-state index >= 15 is 0 Å². The van der Waals surface area contributed by atoms with Crippen LogP contribution in [0.25, 0.3) is 0 Å². The summed E-state index contributed by atoms with van der Waals surface area (Å²) in [7, 11) is 4.09. The zero-order valence-electron chi connectivity index (χ0n) is 15.8. The molecule has 27 heavy (non-hydrogen) atoms. The van der Waals surface area contributed by atoms with Gasteiger partial charge in [0.05, 0.1) is 5.41 Å². The maximum atomic E-state index is 13.4. The number of anilines is 2. The number of nitrogens with one attached hydrogen (secondary N) is 1. The van der Waals surface area contributed by atoms with Crippen molar-refractivity contribution in [3.05, 3.63) is 76.8 Å². The summed E-state index contributed by atoms with van der Waals surface area (Å²) in [5.74, 6) is 0.0301. The van der Waals surface area contributed by atoms with E-state index in [9.17, 15) is 4.79 Å². The van der Waals surface area contributed by atoms with Crippen LogP contribution in [0.5, 0.6) is 0 Å². The fraction of sp³-hybridized carbons (Fsp3) is 0.273. The average molecular weight is 378 g/mol. The van der Waals surface area contributed by atoms with Crippen LogP contribution in [0.1, 0.15) is 29.5 Å². The average Bonchev–Trinajstić information content (AvgIpc) is 3.27. The maximum Gasteiger partial charge on any atom is 0.233 e. The van der Waals surface area contributed by atoms with Gasteiger partial charge in [-0.3, -0.25) is 4.79 Å². The largest absolute Gasteiger partial charge is 0.378 e. The lowest BCUT2D eigenvalue weighted by atomic mass is 9.73. The van der Waals surface area contributed by atoms with E-state index in [4.69, 9.17) is 0 Å². The molecule has 138 valence electrons. The molecular formula is C22H23N3OS. The number of carbonyl (C=O) groups is 1. The van der Waals surface area contributed by atoms with Gasteiger partial charge in [0.2, 0.25) is 5.91 Å². The summed E-state index contributed by atoms with van der Waals surface area (Å²) < 4.78 is 0. The van der Waals surface area contributed by atoms with Crippen LogP contribution in [-0.2, 0) is 11.2 Å². The number of benzene rings is 2. The molecular weight excluding hydrogens is 354 g/mol. The molecule has 0 saturated carbocycles. The van der Waals surface area contributed by atoms with Crippen molar-refractivity contribution in [3.8, 4) is 0 Å². The highest BCUT2D eigenvalue weighted by atomic mass is 32.1. The molecule has 0 bridgehead atoms. The third-order valence-electron chi connectivity index (χ3n) is 5.46. The summed E-state index contributed by atoms with van der Waals surface area (Å²) in [6.45, 7) is 2.07. The second kappa shape index (κ2) is 6.82. The van der Waals surface area contributed by atoms with E-state index in [2.05, 4.69) is 52.5 Å². The maximum absolute atomic E-state index is 13.4. The minimum absolute atomic E-state index is 0.00793. The minimum atomic E-state index is -0.569. The summed E-state index contributed by atoms with van der Waals surface area (Å²) in [6.07, 6.45) is 2.43. The zero-order valence-corrected chi connectivity index (χ0v) is 16.6. The van der Waals surface area contributed by atoms with Crippen molar-refractivity contribution in [1.82, 2.24) is 4.98 Å². The van der Waals surface area contributed by atoms with E-state index in [0.29, 0.717) is 11.6 Å². The second-order valence-electron chi connectivity index (χ2n) is 7.51. The van der Waals surface area contributed by atoms with Crippen molar-refractivity contribution in [2.45, 2.75) is 19.3 Å². The molecule has 0 unspecified atom stereocenters. The van der Waals surface area contributed by atoms with Crippen LogP contribution in [0.3, 0.4) is 0 Å². The molecule has 0 spiro atoms. The number of hydrogen-bond acceptors (Lipinski definition) is 4. The fourth-order valence-electron chi connectivity index (χ4n) is 4.06. The first-order valence-electron chi connectivity index (χ1n) is 9.05. The highest BCUT2D eigenvalue weighted by Crippen LogP contribution is 2.52. The van der Waals surface area contributed by atoms with Gasteiger partial charge in [0.15, 0.2) is 5.13 Å². The number of thiazole rings is 1. The molecule has 1 aliphatic carbocycles. The predicted molar refractivity (Wildman–Crippen MR) is 112 cm³/mol. The van der Waals surface area contributed by atoms with Gasteiger partial charge in [-0.25, -0.2) is 4.98 Å². The van der Waals surface area contributed by atoms with E-state index in [1.165, 1.54) is 28.0 Å². The Hall–Kier alpha value is -2.66. The van der Waals surface area contributed by atoms with Crippen LogP contribution in [0.15, 0.2) is 60.1 Å². The molecule has 1 aromatic heterocycles. The quantitative estimate of drug-likeness (QED) is 0.726. The van der Waals surface area contributed by atoms with E-state index in [1.807, 2.05) is 37.7 Å². The number of hydrogen-bond donors (Lipinski definition) is 1. The fourth-order valence-corrected chi connectivity index (χ4v) is 4.58. The molecule has 4 rings (SSSR count). The Morgan fingerprint density at radius 3 is 2.67 bits per heavy atom. The molecule has 5 heteroatoms. The van der Waals surface area contributed by atoms with E-state index < -0.39 is 5.41 Å². The molecule has 1 amide bonds. The van der Waals surface area contributed by atoms with Gasteiger partial charge in [-0.1, -0.05) is 36.4 Å². The molecule has 4 nitrogen and oxygen atoms in total. The molecule has 0 fully saturated rings. The number of fused-ring (bicyclic) bond motifs is 1. The monoisotopic (exact) mass is 377 g/mol. The topological polar surface area (TPSA) is 45.2 Å². The summed E-state index contributed by atoms with van der Waals surface area (Å²) >= 11 is 1.45. The standard InChI is InChI=1S/C22H23N3OS/c1-22(20(26)24-21-23-11-12-27-21)14-16-9-10-17(25(2)3)13-18(16)19(22)15-7-5-4-6-8-15/h4-13,19H,14H2,1-3H3,(H,23,24,26)/t19-,22+/m0/s1. The van der Waals surface area contributed by atoms with Gasteiger partial charge in [-0.2, -0.15) is 0 Å². The lowest BCUT2D eigenvalue weighted by molar-refractivity contribution is -0.125. The molecule has 0 radical (unpaired) electrons. The Balaban J connectivity index is 1.80. The van der Waals surface area contributed by atoms with Gasteiger partial charge in [-0.15, -0.1) is 11.3 Å². The molecule has 1 heterocycles. The first-order chi connectivity index (χ1) is 13.0. The van der Waals surface area contributed by atoms with E-state index in [0.717, 1.165) is 5.69 Å². The summed E-state index contributed by atoms with van der Waals surface area (Å²) in [5, 5.41) is 5.56. The summed E-state index contributed by atoms with van der Waals surface area (Å²) in [5.41, 5.74) is 4.24. The minimum Gasteiger partial charge on any atom is -0.378 e. The Morgan fingerprint density at radius 2 is 2.00 bits per heavy atom. The van der Waals surface area contributed by atoms with Gasteiger partial charge in [0, 0.05) is 37.3 Å². The second-order valence-corrected chi connectivity index (χ2v) is 8.40. The van der Waals surface area contributed by atoms with Crippen LogP contribution < -0.4 is 10.2 Å². The molecule has 2 aromatic carbocycles. The third kappa shape index (κ3) is 3.12. The Kier molecular flexibility index (Phi) is 4.48. The first kappa shape index (κ1) is 17.7. The molecule has 1 N–H and O–H groups in total. The lowest BCUT2D eigenvalue weighted by Gasteiger charge is -2.31. The highest BCUT2D eigenvalue weighted by molar-refractivity contribution is 7.13. The molecule has 0 saturated heterocycles. The summed E-state index contributed by atoms with van der Waals surface area (Å²) in [4.78, 5) is 19.7. The van der Waals surface area contributed by atoms with Gasteiger partial charge in [0.25, 0.3) is 0 Å². The van der Waals surface area contributed by atoms with Crippen LogP contribution in [0, 0.1) is 5.41 Å². The smallest absolute Gasteiger partial charge is 0.233 e. The van der Waals surface area contributed by atoms with E-state index in [1.54, 1.807) is 6.20 Å². The van der Waals surface area contributed by atoms with Crippen molar-refractivity contribution < 1.29 is 4.79 Å².